The molecule has 0 unspecified atom stereocenters. The highest BCUT2D eigenvalue weighted by atomic mass is 16.5. The van der Waals surface area contributed by atoms with Gasteiger partial charge in [-0.15, -0.1) is 0 Å². The molecule has 5 nitrogen and oxygen atoms in total. The molecule has 96 valence electrons. The minimum absolute atomic E-state index is 0.286. The van der Waals surface area contributed by atoms with Crippen molar-refractivity contribution >= 4 is 0 Å². The maximum Gasteiger partial charge on any atom is 0.264 e. The Morgan fingerprint density at radius 3 is 2.89 bits per heavy atom. The van der Waals surface area contributed by atoms with Crippen LogP contribution in [0.25, 0.3) is 0 Å². The highest BCUT2D eigenvalue weighted by molar-refractivity contribution is 5.33. The summed E-state index contributed by atoms with van der Waals surface area (Å²) in [5.74, 6) is 2.01. The molecule has 0 radical (unpaired) electrons. The van der Waals surface area contributed by atoms with Crippen LogP contribution in [0.1, 0.15) is 24.2 Å². The third-order valence-electron chi connectivity index (χ3n) is 2.56. The summed E-state index contributed by atoms with van der Waals surface area (Å²) in [5.41, 5.74) is 6.65. The average molecular weight is 247 g/mol. The van der Waals surface area contributed by atoms with Crippen LogP contribution in [0.5, 0.6) is 5.75 Å². The molecule has 0 aliphatic heterocycles. The van der Waals surface area contributed by atoms with Gasteiger partial charge in [0.1, 0.15) is 5.75 Å². The van der Waals surface area contributed by atoms with E-state index in [4.69, 9.17) is 15.0 Å². The molecule has 0 aliphatic rings. The Morgan fingerprint density at radius 2 is 2.17 bits per heavy atom. The molecule has 18 heavy (non-hydrogen) atoms. The number of para-hydroxylation sites is 1. The van der Waals surface area contributed by atoms with Gasteiger partial charge in [0.2, 0.25) is 0 Å². The molecule has 1 aromatic carbocycles. The molecular weight excluding hydrogens is 230 g/mol. The summed E-state index contributed by atoms with van der Waals surface area (Å²) in [5, 5.41) is 3.82. The first-order valence-corrected chi connectivity index (χ1v) is 6.05. The van der Waals surface area contributed by atoms with Gasteiger partial charge in [0.15, 0.2) is 12.4 Å². The van der Waals surface area contributed by atoms with Gasteiger partial charge < -0.3 is 15.0 Å². The molecule has 0 bridgehead atoms. The van der Waals surface area contributed by atoms with Gasteiger partial charge in [0.05, 0.1) is 0 Å². The largest absolute Gasteiger partial charge is 0.483 e. The van der Waals surface area contributed by atoms with Crippen LogP contribution < -0.4 is 10.5 Å². The van der Waals surface area contributed by atoms with Crippen LogP contribution in [0.2, 0.25) is 0 Å². The Morgan fingerprint density at radius 1 is 1.33 bits per heavy atom. The molecule has 0 saturated heterocycles. The molecule has 0 atom stereocenters. The molecule has 0 saturated carbocycles. The number of aromatic nitrogens is 2. The van der Waals surface area contributed by atoms with Crippen LogP contribution in [0.3, 0.4) is 0 Å². The minimum Gasteiger partial charge on any atom is -0.483 e. The highest BCUT2D eigenvalue weighted by Crippen LogP contribution is 2.19. The second-order valence-electron chi connectivity index (χ2n) is 3.89. The van der Waals surface area contributed by atoms with Crippen molar-refractivity contribution in [3.63, 3.8) is 0 Å². The summed E-state index contributed by atoms with van der Waals surface area (Å²) in [7, 11) is 0. The molecular formula is C13H17N3O2. The zero-order valence-electron chi connectivity index (χ0n) is 10.4. The van der Waals surface area contributed by atoms with Crippen LogP contribution in [-0.2, 0) is 19.4 Å². The number of aryl methyl sites for hydroxylation is 1. The van der Waals surface area contributed by atoms with Gasteiger partial charge in [-0.3, -0.25) is 0 Å². The molecule has 2 N–H and O–H groups in total. The molecule has 2 aromatic rings. The zero-order valence-corrected chi connectivity index (χ0v) is 10.4. The van der Waals surface area contributed by atoms with Crippen molar-refractivity contribution in [3.8, 4) is 5.75 Å². The standard InChI is InChI=1S/C13H17N3O2/c1-2-12-15-13(18-16-12)9-17-11-6-4-3-5-10(11)7-8-14/h3-6H,2,7-9,14H2,1H3. The third kappa shape index (κ3) is 3.07. The molecule has 0 fully saturated rings. The Hall–Kier alpha value is -1.88. The maximum absolute atomic E-state index is 5.68. The second kappa shape index (κ2) is 6.16. The number of nitrogens with two attached hydrogens (primary N) is 1. The van der Waals surface area contributed by atoms with Crippen LogP contribution in [0.15, 0.2) is 28.8 Å². The molecule has 2 rings (SSSR count). The molecule has 0 aliphatic carbocycles. The average Bonchev–Trinajstić information content (AvgIpc) is 2.86. The van der Waals surface area contributed by atoms with E-state index in [2.05, 4.69) is 10.1 Å². The van der Waals surface area contributed by atoms with Crippen molar-refractivity contribution in [2.24, 2.45) is 5.73 Å². The summed E-state index contributed by atoms with van der Waals surface area (Å²) in [6, 6.07) is 7.83. The van der Waals surface area contributed by atoms with E-state index in [0.29, 0.717) is 18.3 Å². The van der Waals surface area contributed by atoms with Crippen molar-refractivity contribution in [2.75, 3.05) is 6.54 Å². The topological polar surface area (TPSA) is 74.2 Å². The van der Waals surface area contributed by atoms with Crippen LogP contribution in [-0.4, -0.2) is 16.7 Å². The fourth-order valence-corrected chi connectivity index (χ4v) is 1.64. The Kier molecular flexibility index (Phi) is 4.30. The normalized spacial score (nSPS) is 10.6. The summed E-state index contributed by atoms with van der Waals surface area (Å²) in [6.45, 7) is 2.86. The second-order valence-corrected chi connectivity index (χ2v) is 3.89. The van der Waals surface area contributed by atoms with Crippen LogP contribution >= 0.6 is 0 Å². The Labute approximate surface area is 106 Å². The summed E-state index contributed by atoms with van der Waals surface area (Å²) >= 11 is 0. The van der Waals surface area contributed by atoms with E-state index in [1.807, 2.05) is 31.2 Å². The predicted molar refractivity (Wildman–Crippen MR) is 67.2 cm³/mol. The van der Waals surface area contributed by atoms with Crippen LogP contribution in [0.4, 0.5) is 0 Å². The molecule has 1 heterocycles. The first-order chi connectivity index (χ1) is 8.83. The lowest BCUT2D eigenvalue weighted by Crippen LogP contribution is -2.05. The highest BCUT2D eigenvalue weighted by Gasteiger charge is 2.07. The van der Waals surface area contributed by atoms with E-state index in [1.165, 1.54) is 0 Å². The van der Waals surface area contributed by atoms with Crippen LogP contribution in [0, 0.1) is 0 Å². The first kappa shape index (κ1) is 12.6. The first-order valence-electron chi connectivity index (χ1n) is 6.05. The van der Waals surface area contributed by atoms with Gasteiger partial charge in [-0.1, -0.05) is 30.3 Å². The number of hydrogen-bond acceptors (Lipinski definition) is 5. The fraction of sp³-hybridized carbons (Fsp3) is 0.385. The third-order valence-corrected chi connectivity index (χ3v) is 2.56. The number of ether oxygens (including phenoxy) is 1. The van der Waals surface area contributed by atoms with Gasteiger partial charge in [-0.25, -0.2) is 0 Å². The molecule has 0 amide bonds. The van der Waals surface area contributed by atoms with Gasteiger partial charge in [-0.05, 0) is 24.6 Å². The number of hydrogen-bond donors (Lipinski definition) is 1. The maximum atomic E-state index is 5.68. The SMILES string of the molecule is CCc1noc(COc2ccccc2CCN)n1. The lowest BCUT2D eigenvalue weighted by atomic mass is 10.1. The summed E-state index contributed by atoms with van der Waals surface area (Å²) in [6.07, 6.45) is 1.55. The molecule has 5 heteroatoms. The molecule has 0 spiro atoms. The van der Waals surface area contributed by atoms with E-state index >= 15 is 0 Å². The smallest absolute Gasteiger partial charge is 0.264 e. The lowest BCUT2D eigenvalue weighted by Gasteiger charge is -2.08. The van der Waals surface area contributed by atoms with E-state index in [1.54, 1.807) is 0 Å². The van der Waals surface area contributed by atoms with Gasteiger partial charge in [-0.2, -0.15) is 4.98 Å². The summed E-state index contributed by atoms with van der Waals surface area (Å²) in [4.78, 5) is 4.19. The van der Waals surface area contributed by atoms with Gasteiger partial charge in [0, 0.05) is 6.42 Å². The number of rotatable bonds is 6. The quantitative estimate of drug-likeness (QED) is 0.841. The predicted octanol–water partition coefficient (Wildman–Crippen LogP) is 1.71. The Balaban J connectivity index is 2.01. The molecule has 1 aromatic heterocycles. The van der Waals surface area contributed by atoms with Gasteiger partial charge in [0.25, 0.3) is 5.89 Å². The fourth-order valence-electron chi connectivity index (χ4n) is 1.64. The summed E-state index contributed by atoms with van der Waals surface area (Å²) < 4.78 is 10.7. The Bertz CT molecular complexity index is 496. The van der Waals surface area contributed by atoms with Crippen molar-refractivity contribution < 1.29 is 9.26 Å². The van der Waals surface area contributed by atoms with E-state index < -0.39 is 0 Å². The lowest BCUT2D eigenvalue weighted by molar-refractivity contribution is 0.240. The monoisotopic (exact) mass is 247 g/mol. The van der Waals surface area contributed by atoms with Gasteiger partial charge >= 0.3 is 0 Å². The van der Waals surface area contributed by atoms with E-state index in [9.17, 15) is 0 Å². The minimum atomic E-state index is 0.286. The van der Waals surface area contributed by atoms with Crippen molar-refractivity contribution in [3.05, 3.63) is 41.5 Å². The van der Waals surface area contributed by atoms with Crippen molar-refractivity contribution in [1.82, 2.24) is 10.1 Å². The van der Waals surface area contributed by atoms with Crippen molar-refractivity contribution in [2.45, 2.75) is 26.4 Å². The van der Waals surface area contributed by atoms with E-state index in [0.717, 1.165) is 24.2 Å². The number of nitrogens with zero attached hydrogens (tertiary/aromatic N) is 2. The van der Waals surface area contributed by atoms with E-state index in [-0.39, 0.29) is 6.61 Å². The zero-order chi connectivity index (χ0) is 12.8. The van der Waals surface area contributed by atoms with Crippen molar-refractivity contribution in [1.29, 1.82) is 0 Å². The number of benzene rings is 1.